The molecule has 118 valence electrons. The van der Waals surface area contributed by atoms with Crippen LogP contribution in [0.1, 0.15) is 29.6 Å². The fraction of sp³-hybridized carbons (Fsp3) is 0.400. The van der Waals surface area contributed by atoms with Gasteiger partial charge in [-0.15, -0.1) is 11.3 Å². The molecule has 5 heterocycles. The Hall–Kier alpha value is -1.64. The molecule has 2 aliphatic rings. The van der Waals surface area contributed by atoms with E-state index in [0.717, 1.165) is 39.9 Å². The van der Waals surface area contributed by atoms with Crippen LogP contribution in [0.25, 0.3) is 20.7 Å². The number of nitrogens with zero attached hydrogens (tertiary/aromatic N) is 3. The highest BCUT2D eigenvalue weighted by atomic mass is 32.2. The van der Waals surface area contributed by atoms with Crippen molar-refractivity contribution in [2.45, 2.75) is 31.1 Å². The van der Waals surface area contributed by atoms with Crippen molar-refractivity contribution in [2.75, 3.05) is 6.54 Å². The van der Waals surface area contributed by atoms with Crippen LogP contribution in [-0.2, 0) is 0 Å². The monoisotopic (exact) mass is 345 g/mol. The SMILES string of the molecule is Cc1[nH]ncc1-c1cc2nc(C3CCC4CN4S3)[nH]c(=O)c2s1. The van der Waals surface area contributed by atoms with E-state index < -0.39 is 0 Å². The molecule has 0 bridgehead atoms. The topological polar surface area (TPSA) is 77.4 Å². The van der Waals surface area contributed by atoms with Crippen molar-refractivity contribution in [2.24, 2.45) is 0 Å². The summed E-state index contributed by atoms with van der Waals surface area (Å²) in [6.07, 6.45) is 4.08. The summed E-state index contributed by atoms with van der Waals surface area (Å²) in [5, 5.41) is 7.27. The molecule has 3 unspecified atom stereocenters. The van der Waals surface area contributed by atoms with Gasteiger partial charge in [0.25, 0.3) is 5.56 Å². The van der Waals surface area contributed by atoms with E-state index in [-0.39, 0.29) is 10.8 Å². The lowest BCUT2D eigenvalue weighted by atomic mass is 10.2. The van der Waals surface area contributed by atoms with Crippen LogP contribution < -0.4 is 5.56 Å². The maximum atomic E-state index is 12.5. The van der Waals surface area contributed by atoms with Crippen LogP contribution in [0.5, 0.6) is 0 Å². The van der Waals surface area contributed by atoms with Gasteiger partial charge in [-0.05, 0) is 25.8 Å². The molecular formula is C15H15N5OS2. The summed E-state index contributed by atoms with van der Waals surface area (Å²) < 4.78 is 3.07. The highest BCUT2D eigenvalue weighted by molar-refractivity contribution is 7.97. The first kappa shape index (κ1) is 13.8. The summed E-state index contributed by atoms with van der Waals surface area (Å²) in [4.78, 5) is 21.3. The van der Waals surface area contributed by atoms with Gasteiger partial charge in [0.05, 0.1) is 17.0 Å². The number of aromatic nitrogens is 4. The molecule has 3 atom stereocenters. The van der Waals surface area contributed by atoms with Gasteiger partial charge in [-0.1, -0.05) is 11.9 Å². The summed E-state index contributed by atoms with van der Waals surface area (Å²) in [6.45, 7) is 3.16. The Morgan fingerprint density at radius 2 is 2.30 bits per heavy atom. The minimum Gasteiger partial charge on any atom is -0.308 e. The quantitative estimate of drug-likeness (QED) is 0.552. The van der Waals surface area contributed by atoms with Crippen LogP contribution in [0.15, 0.2) is 17.1 Å². The van der Waals surface area contributed by atoms with E-state index in [1.54, 1.807) is 6.20 Å². The van der Waals surface area contributed by atoms with Gasteiger partial charge in [0.2, 0.25) is 0 Å². The Bertz CT molecular complexity index is 958. The predicted octanol–water partition coefficient (Wildman–Crippen LogP) is 2.85. The van der Waals surface area contributed by atoms with Crippen LogP contribution in [0.4, 0.5) is 0 Å². The maximum Gasteiger partial charge on any atom is 0.268 e. The van der Waals surface area contributed by atoms with Crippen molar-refractivity contribution in [3.63, 3.8) is 0 Å². The van der Waals surface area contributed by atoms with E-state index in [0.29, 0.717) is 4.70 Å². The van der Waals surface area contributed by atoms with Crippen LogP contribution in [-0.4, -0.2) is 37.1 Å². The van der Waals surface area contributed by atoms with E-state index in [1.165, 1.54) is 24.3 Å². The summed E-state index contributed by atoms with van der Waals surface area (Å²) in [5.41, 5.74) is 2.80. The molecule has 0 saturated carbocycles. The normalized spacial score (nSPS) is 26.4. The molecule has 3 aromatic heterocycles. The molecule has 23 heavy (non-hydrogen) atoms. The molecule has 2 fully saturated rings. The van der Waals surface area contributed by atoms with E-state index >= 15 is 0 Å². The average Bonchev–Trinajstić information content (AvgIpc) is 2.98. The lowest BCUT2D eigenvalue weighted by molar-refractivity contribution is 0.606. The Balaban J connectivity index is 1.58. The first-order valence-electron chi connectivity index (χ1n) is 7.66. The number of aromatic amines is 2. The third kappa shape index (κ3) is 2.24. The Kier molecular flexibility index (Phi) is 2.95. The molecule has 0 spiro atoms. The molecule has 0 amide bonds. The van der Waals surface area contributed by atoms with Gasteiger partial charge in [-0.25, -0.2) is 9.29 Å². The third-order valence-electron chi connectivity index (χ3n) is 4.49. The van der Waals surface area contributed by atoms with Crippen molar-refractivity contribution < 1.29 is 0 Å². The van der Waals surface area contributed by atoms with Gasteiger partial charge in [-0.2, -0.15) is 5.10 Å². The van der Waals surface area contributed by atoms with Crippen molar-refractivity contribution in [3.8, 4) is 10.4 Å². The zero-order chi connectivity index (χ0) is 15.6. The molecule has 5 rings (SSSR count). The zero-order valence-electron chi connectivity index (χ0n) is 12.5. The molecule has 0 aromatic carbocycles. The minimum absolute atomic E-state index is 0.0316. The molecule has 2 saturated heterocycles. The van der Waals surface area contributed by atoms with Gasteiger partial charge in [0, 0.05) is 28.7 Å². The van der Waals surface area contributed by atoms with Crippen LogP contribution >= 0.6 is 23.3 Å². The molecule has 2 aliphatic heterocycles. The number of fused-ring (bicyclic) bond motifs is 2. The average molecular weight is 345 g/mol. The van der Waals surface area contributed by atoms with Gasteiger partial charge in [-0.3, -0.25) is 9.89 Å². The second-order valence-electron chi connectivity index (χ2n) is 6.11. The summed E-state index contributed by atoms with van der Waals surface area (Å²) in [7, 11) is 0. The van der Waals surface area contributed by atoms with Crippen molar-refractivity contribution in [3.05, 3.63) is 34.1 Å². The first-order chi connectivity index (χ1) is 11.2. The Morgan fingerprint density at radius 1 is 1.39 bits per heavy atom. The predicted molar refractivity (Wildman–Crippen MR) is 92.6 cm³/mol. The molecule has 6 nitrogen and oxygen atoms in total. The Labute approximate surface area is 140 Å². The number of thiophene rings is 1. The first-order valence-corrected chi connectivity index (χ1v) is 9.32. The molecule has 2 N–H and O–H groups in total. The van der Waals surface area contributed by atoms with Crippen LogP contribution in [0.2, 0.25) is 0 Å². The van der Waals surface area contributed by atoms with Crippen molar-refractivity contribution in [1.82, 2.24) is 24.5 Å². The third-order valence-corrected chi connectivity index (χ3v) is 7.08. The van der Waals surface area contributed by atoms with Gasteiger partial charge in [0.1, 0.15) is 10.5 Å². The number of hydrogen-bond donors (Lipinski definition) is 2. The van der Waals surface area contributed by atoms with E-state index in [2.05, 4.69) is 19.5 Å². The minimum atomic E-state index is -0.0316. The molecule has 8 heteroatoms. The highest BCUT2D eigenvalue weighted by Gasteiger charge is 2.41. The van der Waals surface area contributed by atoms with Crippen LogP contribution in [0, 0.1) is 6.92 Å². The standard InChI is InChI=1S/C15H15N5OS2/c1-7-9(5-16-19-7)12-4-10-13(22-12)15(21)18-14(17-10)11-3-2-8-6-20(8)23-11/h4-5,8,11H,2-3,6H2,1H3,(H,16,19)(H,17,18,21). The molecule has 0 radical (unpaired) electrons. The smallest absolute Gasteiger partial charge is 0.268 e. The number of rotatable bonds is 2. The maximum absolute atomic E-state index is 12.5. The summed E-state index contributed by atoms with van der Waals surface area (Å²) in [5.74, 6) is 0.811. The lowest BCUT2D eigenvalue weighted by Crippen LogP contribution is -2.16. The van der Waals surface area contributed by atoms with Gasteiger partial charge < -0.3 is 4.98 Å². The number of nitrogens with one attached hydrogen (secondary N) is 2. The van der Waals surface area contributed by atoms with Crippen LogP contribution in [0.3, 0.4) is 0 Å². The second-order valence-corrected chi connectivity index (χ2v) is 8.41. The fourth-order valence-corrected chi connectivity index (χ4v) is 5.49. The number of H-pyrrole nitrogens is 2. The number of hydrogen-bond acceptors (Lipinski definition) is 6. The molecular weight excluding hydrogens is 330 g/mol. The van der Waals surface area contributed by atoms with Crippen molar-refractivity contribution >= 4 is 33.5 Å². The summed E-state index contributed by atoms with van der Waals surface area (Å²) >= 11 is 3.30. The molecule has 0 aliphatic carbocycles. The van der Waals surface area contributed by atoms with E-state index in [9.17, 15) is 4.79 Å². The van der Waals surface area contributed by atoms with E-state index in [1.807, 2.05) is 24.9 Å². The Morgan fingerprint density at radius 3 is 3.09 bits per heavy atom. The fourth-order valence-electron chi connectivity index (χ4n) is 3.11. The second kappa shape index (κ2) is 4.93. The lowest BCUT2D eigenvalue weighted by Gasteiger charge is -2.20. The highest BCUT2D eigenvalue weighted by Crippen LogP contribution is 2.47. The number of aryl methyl sites for hydroxylation is 1. The van der Waals surface area contributed by atoms with E-state index in [4.69, 9.17) is 4.98 Å². The van der Waals surface area contributed by atoms with Gasteiger partial charge >= 0.3 is 0 Å². The largest absolute Gasteiger partial charge is 0.308 e. The molecule has 3 aromatic rings. The summed E-state index contributed by atoms with van der Waals surface area (Å²) in [6, 6.07) is 2.76. The van der Waals surface area contributed by atoms with Crippen molar-refractivity contribution in [1.29, 1.82) is 0 Å². The zero-order valence-corrected chi connectivity index (χ0v) is 14.1. The van der Waals surface area contributed by atoms with Gasteiger partial charge in [0.15, 0.2) is 0 Å².